The van der Waals surface area contributed by atoms with Gasteiger partial charge in [0.15, 0.2) is 0 Å². The minimum absolute atomic E-state index is 0.0550. The molecule has 0 aliphatic carbocycles. The van der Waals surface area contributed by atoms with Gasteiger partial charge < -0.3 is 10.6 Å². The summed E-state index contributed by atoms with van der Waals surface area (Å²) >= 11 is 1.75. The summed E-state index contributed by atoms with van der Waals surface area (Å²) in [6.45, 7) is 7.80. The molecule has 0 fully saturated rings. The zero-order chi connectivity index (χ0) is 11.0. The molecule has 0 rings (SSSR count). The molecule has 0 radical (unpaired) electrons. The summed E-state index contributed by atoms with van der Waals surface area (Å²) < 4.78 is 0.113. The third-order valence-corrected chi connectivity index (χ3v) is 3.29. The van der Waals surface area contributed by atoms with Gasteiger partial charge in [-0.2, -0.15) is 11.8 Å². The molecule has 3 nitrogen and oxygen atoms in total. The third kappa shape index (κ3) is 7.06. The molecule has 0 saturated carbocycles. The summed E-state index contributed by atoms with van der Waals surface area (Å²) in [5, 5.41) is 5.68. The first kappa shape index (κ1) is 13.6. The van der Waals surface area contributed by atoms with E-state index >= 15 is 0 Å². The van der Waals surface area contributed by atoms with Crippen LogP contribution in [0.5, 0.6) is 0 Å². The number of rotatable bonds is 6. The van der Waals surface area contributed by atoms with E-state index in [0.717, 1.165) is 19.4 Å². The van der Waals surface area contributed by atoms with E-state index in [-0.39, 0.29) is 10.8 Å². The second-order valence-electron chi connectivity index (χ2n) is 3.93. The summed E-state index contributed by atoms with van der Waals surface area (Å²) in [6, 6.07) is -0.0550. The van der Waals surface area contributed by atoms with Crippen molar-refractivity contribution in [3.05, 3.63) is 0 Å². The molecule has 0 aromatic carbocycles. The van der Waals surface area contributed by atoms with E-state index in [1.807, 2.05) is 0 Å². The predicted octanol–water partition coefficient (Wildman–Crippen LogP) is 2.23. The van der Waals surface area contributed by atoms with Crippen LogP contribution in [0.4, 0.5) is 4.79 Å². The molecule has 0 aromatic rings. The maximum absolute atomic E-state index is 11.2. The third-order valence-electron chi connectivity index (χ3n) is 2.04. The summed E-state index contributed by atoms with van der Waals surface area (Å²) in [5.74, 6) is 0. The van der Waals surface area contributed by atoms with Crippen LogP contribution in [0.15, 0.2) is 0 Å². The lowest BCUT2D eigenvalue weighted by Crippen LogP contribution is -2.42. The van der Waals surface area contributed by atoms with Crippen LogP contribution in [0.25, 0.3) is 0 Å². The molecule has 0 atom stereocenters. The molecule has 0 bridgehead atoms. The van der Waals surface area contributed by atoms with Crippen molar-refractivity contribution in [2.45, 2.75) is 38.4 Å². The number of amides is 2. The van der Waals surface area contributed by atoms with Gasteiger partial charge in [0.1, 0.15) is 0 Å². The first-order chi connectivity index (χ1) is 6.52. The molecule has 2 amide bonds. The van der Waals surface area contributed by atoms with Gasteiger partial charge in [0, 0.05) is 17.8 Å². The first-order valence-corrected chi connectivity index (χ1v) is 6.31. The molecular weight excluding hydrogens is 196 g/mol. The lowest BCUT2D eigenvalue weighted by Gasteiger charge is -2.22. The van der Waals surface area contributed by atoms with Crippen LogP contribution in [0, 0.1) is 0 Å². The summed E-state index contributed by atoms with van der Waals surface area (Å²) in [5.41, 5.74) is 0. The Morgan fingerprint density at radius 3 is 2.50 bits per heavy atom. The Balaban J connectivity index is 3.53. The summed E-state index contributed by atoms with van der Waals surface area (Å²) in [6.07, 6.45) is 4.20. The van der Waals surface area contributed by atoms with Crippen molar-refractivity contribution in [3.63, 3.8) is 0 Å². The van der Waals surface area contributed by atoms with Gasteiger partial charge in [-0.15, -0.1) is 0 Å². The van der Waals surface area contributed by atoms with Crippen molar-refractivity contribution in [1.29, 1.82) is 0 Å². The van der Waals surface area contributed by atoms with Gasteiger partial charge >= 0.3 is 6.03 Å². The van der Waals surface area contributed by atoms with Gasteiger partial charge in [-0.05, 0) is 26.5 Å². The number of nitrogens with one attached hydrogen (secondary N) is 2. The zero-order valence-electron chi connectivity index (χ0n) is 9.64. The number of thioether (sulfide) groups is 1. The SMILES string of the molecule is CCCCNC(=O)NCC(C)(C)SC. The molecule has 0 heterocycles. The maximum atomic E-state index is 11.2. The monoisotopic (exact) mass is 218 g/mol. The molecule has 0 spiro atoms. The lowest BCUT2D eigenvalue weighted by atomic mass is 10.2. The van der Waals surface area contributed by atoms with E-state index < -0.39 is 0 Å². The lowest BCUT2D eigenvalue weighted by molar-refractivity contribution is 0.240. The van der Waals surface area contributed by atoms with Crippen molar-refractivity contribution in [1.82, 2.24) is 10.6 Å². The van der Waals surface area contributed by atoms with E-state index in [4.69, 9.17) is 0 Å². The topological polar surface area (TPSA) is 41.1 Å². The predicted molar refractivity (Wildman–Crippen MR) is 63.9 cm³/mol. The molecule has 84 valence electrons. The average molecular weight is 218 g/mol. The molecule has 2 N–H and O–H groups in total. The molecule has 0 unspecified atom stereocenters. The quantitative estimate of drug-likeness (QED) is 0.671. The Labute approximate surface area is 91.4 Å². The molecule has 0 aliphatic rings. The van der Waals surface area contributed by atoms with Crippen LogP contribution in [-0.4, -0.2) is 30.1 Å². The summed E-state index contributed by atoms with van der Waals surface area (Å²) in [4.78, 5) is 11.2. The van der Waals surface area contributed by atoms with Crippen molar-refractivity contribution in [3.8, 4) is 0 Å². The van der Waals surface area contributed by atoms with Gasteiger partial charge in [0.25, 0.3) is 0 Å². The summed E-state index contributed by atoms with van der Waals surface area (Å²) in [7, 11) is 0. The maximum Gasteiger partial charge on any atom is 0.314 e. The number of unbranched alkanes of at least 4 members (excludes halogenated alkanes) is 1. The molecule has 4 heteroatoms. The van der Waals surface area contributed by atoms with E-state index in [9.17, 15) is 4.79 Å². The van der Waals surface area contributed by atoms with E-state index in [2.05, 4.69) is 37.7 Å². The minimum Gasteiger partial charge on any atom is -0.338 e. The second-order valence-corrected chi connectivity index (χ2v) is 5.44. The number of hydrogen-bond donors (Lipinski definition) is 2. The first-order valence-electron chi connectivity index (χ1n) is 5.08. The smallest absolute Gasteiger partial charge is 0.314 e. The van der Waals surface area contributed by atoms with Crippen LogP contribution >= 0.6 is 11.8 Å². The average Bonchev–Trinajstić information content (AvgIpc) is 2.16. The normalized spacial score (nSPS) is 11.1. The van der Waals surface area contributed by atoms with Gasteiger partial charge in [-0.25, -0.2) is 4.79 Å². The van der Waals surface area contributed by atoms with Crippen LogP contribution < -0.4 is 10.6 Å². The van der Waals surface area contributed by atoms with Crippen molar-refractivity contribution >= 4 is 17.8 Å². The number of urea groups is 1. The highest BCUT2D eigenvalue weighted by atomic mass is 32.2. The largest absolute Gasteiger partial charge is 0.338 e. The standard InChI is InChI=1S/C10H22N2OS/c1-5-6-7-11-9(13)12-8-10(2,3)14-4/h5-8H2,1-4H3,(H2,11,12,13). The molecule has 0 saturated heterocycles. The Morgan fingerprint density at radius 1 is 1.36 bits per heavy atom. The molecular formula is C10H22N2OS. The second kappa shape index (κ2) is 6.98. The Hall–Kier alpha value is -0.380. The zero-order valence-corrected chi connectivity index (χ0v) is 10.5. The van der Waals surface area contributed by atoms with Crippen LogP contribution in [-0.2, 0) is 0 Å². The van der Waals surface area contributed by atoms with E-state index in [1.54, 1.807) is 11.8 Å². The van der Waals surface area contributed by atoms with Gasteiger partial charge in [-0.3, -0.25) is 0 Å². The number of carbonyl (C=O) groups excluding carboxylic acids is 1. The fraction of sp³-hybridized carbons (Fsp3) is 0.900. The molecule has 0 aliphatic heterocycles. The number of hydrogen-bond acceptors (Lipinski definition) is 2. The van der Waals surface area contributed by atoms with Gasteiger partial charge in [0.05, 0.1) is 0 Å². The van der Waals surface area contributed by atoms with Crippen molar-refractivity contribution < 1.29 is 4.79 Å². The number of carbonyl (C=O) groups is 1. The van der Waals surface area contributed by atoms with Crippen molar-refractivity contribution in [2.75, 3.05) is 19.3 Å². The van der Waals surface area contributed by atoms with Crippen molar-refractivity contribution in [2.24, 2.45) is 0 Å². The van der Waals surface area contributed by atoms with Crippen LogP contribution in [0.1, 0.15) is 33.6 Å². The molecule has 0 aromatic heterocycles. The highest BCUT2D eigenvalue weighted by Gasteiger charge is 2.16. The van der Waals surface area contributed by atoms with Crippen LogP contribution in [0.2, 0.25) is 0 Å². The highest BCUT2D eigenvalue weighted by Crippen LogP contribution is 2.19. The highest BCUT2D eigenvalue weighted by molar-refractivity contribution is 7.99. The fourth-order valence-corrected chi connectivity index (χ4v) is 1.02. The Bertz CT molecular complexity index is 172. The van der Waals surface area contributed by atoms with Gasteiger partial charge in [-0.1, -0.05) is 13.3 Å². The van der Waals surface area contributed by atoms with E-state index in [1.165, 1.54) is 0 Å². The Morgan fingerprint density at radius 2 is 2.00 bits per heavy atom. The Kier molecular flexibility index (Phi) is 6.79. The van der Waals surface area contributed by atoms with E-state index in [0.29, 0.717) is 6.54 Å². The molecule has 14 heavy (non-hydrogen) atoms. The fourth-order valence-electron chi connectivity index (χ4n) is 0.807. The van der Waals surface area contributed by atoms with Gasteiger partial charge in [0.2, 0.25) is 0 Å². The van der Waals surface area contributed by atoms with Crippen LogP contribution in [0.3, 0.4) is 0 Å². The minimum atomic E-state index is -0.0550.